The summed E-state index contributed by atoms with van der Waals surface area (Å²) in [4.78, 5) is 24.9. The summed E-state index contributed by atoms with van der Waals surface area (Å²) in [6, 6.07) is 21.9. The third-order valence-electron chi connectivity index (χ3n) is 7.86. The molecule has 9 heteroatoms. The quantitative estimate of drug-likeness (QED) is 0.188. The first-order valence-corrected chi connectivity index (χ1v) is 14.8. The number of hydrogen-bond acceptors (Lipinski definition) is 6. The summed E-state index contributed by atoms with van der Waals surface area (Å²) in [5.41, 5.74) is 13.8. The predicted molar refractivity (Wildman–Crippen MR) is 173 cm³/mol. The molecule has 1 aliphatic heterocycles. The summed E-state index contributed by atoms with van der Waals surface area (Å²) < 4.78 is 15.5. The number of amides is 1. The molecular formula is C35H36FN7O. The average molecular weight is 590 g/mol. The van der Waals surface area contributed by atoms with Crippen molar-refractivity contribution in [3.8, 4) is 16.9 Å². The molecule has 0 radical (unpaired) electrons. The molecule has 3 aromatic carbocycles. The lowest BCUT2D eigenvalue weighted by atomic mass is 10.0. The van der Waals surface area contributed by atoms with Crippen molar-refractivity contribution in [2.24, 2.45) is 5.73 Å². The lowest BCUT2D eigenvalue weighted by molar-refractivity contribution is 0.102. The Balaban J connectivity index is 1.23. The number of likely N-dealkylation sites (tertiary alicyclic amines) is 1. The van der Waals surface area contributed by atoms with Crippen LogP contribution in [0.25, 0.3) is 16.9 Å². The van der Waals surface area contributed by atoms with Gasteiger partial charge < -0.3 is 20.9 Å². The van der Waals surface area contributed by atoms with E-state index in [0.717, 1.165) is 66.1 Å². The van der Waals surface area contributed by atoms with Gasteiger partial charge in [0, 0.05) is 65.9 Å². The number of piperidine rings is 1. The third-order valence-corrected chi connectivity index (χ3v) is 7.86. The number of hydrogen-bond donors (Lipinski definition) is 3. The van der Waals surface area contributed by atoms with Crippen molar-refractivity contribution in [2.75, 3.05) is 23.7 Å². The number of benzene rings is 3. The van der Waals surface area contributed by atoms with Crippen LogP contribution in [0.2, 0.25) is 0 Å². The van der Waals surface area contributed by atoms with E-state index in [0.29, 0.717) is 22.9 Å². The number of rotatable bonds is 8. The number of nitrogens with one attached hydrogen (secondary N) is 2. The maximum atomic E-state index is 13.6. The van der Waals surface area contributed by atoms with Crippen LogP contribution in [-0.2, 0) is 6.54 Å². The Morgan fingerprint density at radius 3 is 2.66 bits per heavy atom. The van der Waals surface area contributed by atoms with Gasteiger partial charge in [-0.05, 0) is 117 Å². The topological polar surface area (TPSA) is 101 Å². The molecule has 5 aromatic rings. The molecular weight excluding hydrogens is 553 g/mol. The first kappa shape index (κ1) is 29.2. The van der Waals surface area contributed by atoms with E-state index in [-0.39, 0.29) is 17.8 Å². The molecule has 44 heavy (non-hydrogen) atoms. The zero-order chi connectivity index (χ0) is 30.6. The Kier molecular flexibility index (Phi) is 8.49. The van der Waals surface area contributed by atoms with E-state index >= 15 is 0 Å². The number of nitrogens with two attached hydrogens (primary N) is 1. The number of nitrogens with zero attached hydrogens (tertiary/aromatic N) is 4. The van der Waals surface area contributed by atoms with Gasteiger partial charge in [0.25, 0.3) is 5.91 Å². The van der Waals surface area contributed by atoms with Gasteiger partial charge in [0.2, 0.25) is 5.95 Å². The van der Waals surface area contributed by atoms with Gasteiger partial charge in [-0.3, -0.25) is 9.69 Å². The number of carbonyl (C=O) groups excluding carboxylic acids is 1. The SMILES string of the molecule is Cc1ccn(-c2cc(CN3CCC[C@H](N)C3)cc(NC(=O)c3ccc(C)c(Nc4nccc(-c5ccc(F)cc5)n4)c3)c2)c1. The van der Waals surface area contributed by atoms with E-state index in [9.17, 15) is 9.18 Å². The number of aromatic nitrogens is 3. The normalized spacial score (nSPS) is 15.2. The zero-order valence-corrected chi connectivity index (χ0v) is 24.9. The molecule has 1 amide bonds. The molecule has 8 nitrogen and oxygen atoms in total. The summed E-state index contributed by atoms with van der Waals surface area (Å²) in [5, 5.41) is 6.37. The molecule has 1 atom stereocenters. The van der Waals surface area contributed by atoms with E-state index < -0.39 is 0 Å². The lowest BCUT2D eigenvalue weighted by Gasteiger charge is -2.30. The second-order valence-corrected chi connectivity index (χ2v) is 11.5. The van der Waals surface area contributed by atoms with Gasteiger partial charge in [-0.15, -0.1) is 0 Å². The Hall–Kier alpha value is -4.86. The highest BCUT2D eigenvalue weighted by molar-refractivity contribution is 6.05. The summed E-state index contributed by atoms with van der Waals surface area (Å²) in [6.45, 7) is 6.66. The van der Waals surface area contributed by atoms with Gasteiger partial charge in [-0.25, -0.2) is 14.4 Å². The fourth-order valence-electron chi connectivity index (χ4n) is 5.57. The second kappa shape index (κ2) is 12.8. The molecule has 1 aliphatic rings. The van der Waals surface area contributed by atoms with Crippen LogP contribution in [0, 0.1) is 19.7 Å². The van der Waals surface area contributed by atoms with Gasteiger partial charge in [0.05, 0.1) is 5.69 Å². The standard InChI is InChI=1S/C35H36FN7O/c1-23-12-15-43(20-23)31-17-25(21-42-14-3-4-29(37)22-42)16-30(19-31)39-34(44)27-6-5-24(2)33(18-27)41-35-38-13-11-32(40-35)26-7-9-28(36)10-8-26/h5-13,15-20,29H,3-4,14,21-22,37H2,1-2H3,(H,39,44)(H,38,40,41)/t29-/m0/s1. The first-order valence-electron chi connectivity index (χ1n) is 14.8. The molecule has 1 fully saturated rings. The number of carbonyl (C=O) groups is 1. The zero-order valence-electron chi connectivity index (χ0n) is 24.9. The highest BCUT2D eigenvalue weighted by Crippen LogP contribution is 2.25. The van der Waals surface area contributed by atoms with Gasteiger partial charge in [-0.1, -0.05) is 6.07 Å². The largest absolute Gasteiger partial charge is 0.327 e. The second-order valence-electron chi connectivity index (χ2n) is 11.5. The highest BCUT2D eigenvalue weighted by atomic mass is 19.1. The predicted octanol–water partition coefficient (Wildman–Crippen LogP) is 6.61. The summed E-state index contributed by atoms with van der Waals surface area (Å²) >= 11 is 0. The van der Waals surface area contributed by atoms with Crippen molar-refractivity contribution in [3.63, 3.8) is 0 Å². The first-order chi connectivity index (χ1) is 21.3. The molecule has 0 aliphatic carbocycles. The molecule has 0 saturated carbocycles. The van der Waals surface area contributed by atoms with Crippen LogP contribution >= 0.6 is 0 Å². The van der Waals surface area contributed by atoms with Crippen LogP contribution in [0.3, 0.4) is 0 Å². The lowest BCUT2D eigenvalue weighted by Crippen LogP contribution is -2.42. The summed E-state index contributed by atoms with van der Waals surface area (Å²) in [7, 11) is 0. The van der Waals surface area contributed by atoms with E-state index in [4.69, 9.17) is 5.73 Å². The Morgan fingerprint density at radius 1 is 1.05 bits per heavy atom. The Bertz CT molecular complexity index is 1780. The smallest absolute Gasteiger partial charge is 0.255 e. The fraction of sp³-hybridized carbons (Fsp3) is 0.229. The van der Waals surface area contributed by atoms with Crippen LogP contribution in [-0.4, -0.2) is 44.5 Å². The minimum atomic E-state index is -0.304. The number of halogens is 1. The van der Waals surface area contributed by atoms with Crippen LogP contribution < -0.4 is 16.4 Å². The number of aryl methyl sites for hydroxylation is 2. The Morgan fingerprint density at radius 2 is 1.89 bits per heavy atom. The van der Waals surface area contributed by atoms with Gasteiger partial charge in [0.15, 0.2) is 0 Å². The van der Waals surface area contributed by atoms with Gasteiger partial charge in [0.1, 0.15) is 5.82 Å². The van der Waals surface area contributed by atoms with E-state index in [1.54, 1.807) is 36.5 Å². The van der Waals surface area contributed by atoms with Crippen molar-refractivity contribution in [1.82, 2.24) is 19.4 Å². The van der Waals surface area contributed by atoms with Gasteiger partial charge >= 0.3 is 0 Å². The van der Waals surface area contributed by atoms with Crippen LogP contribution in [0.5, 0.6) is 0 Å². The maximum Gasteiger partial charge on any atom is 0.255 e. The van der Waals surface area contributed by atoms with Crippen molar-refractivity contribution in [3.05, 3.63) is 119 Å². The van der Waals surface area contributed by atoms with E-state index in [1.807, 2.05) is 31.3 Å². The monoisotopic (exact) mass is 589 g/mol. The van der Waals surface area contributed by atoms with Crippen molar-refractivity contribution in [1.29, 1.82) is 0 Å². The van der Waals surface area contributed by atoms with Crippen LogP contribution in [0.1, 0.15) is 39.9 Å². The molecule has 0 unspecified atom stereocenters. The number of anilines is 3. The van der Waals surface area contributed by atoms with Crippen molar-refractivity contribution < 1.29 is 9.18 Å². The average Bonchev–Trinajstić information content (AvgIpc) is 3.45. The molecule has 3 heterocycles. The maximum absolute atomic E-state index is 13.6. The molecule has 6 rings (SSSR count). The molecule has 224 valence electrons. The molecule has 1 saturated heterocycles. The summed E-state index contributed by atoms with van der Waals surface area (Å²) in [5.74, 6) is -0.147. The summed E-state index contributed by atoms with van der Waals surface area (Å²) in [6.07, 6.45) is 7.90. The molecule has 4 N–H and O–H groups in total. The van der Waals surface area contributed by atoms with E-state index in [2.05, 4.69) is 55.3 Å². The third kappa shape index (κ3) is 7.02. The molecule has 2 aromatic heterocycles. The van der Waals surface area contributed by atoms with Crippen LogP contribution in [0.15, 0.2) is 91.4 Å². The van der Waals surface area contributed by atoms with Gasteiger partial charge in [-0.2, -0.15) is 0 Å². The fourth-order valence-corrected chi connectivity index (χ4v) is 5.57. The highest BCUT2D eigenvalue weighted by Gasteiger charge is 2.18. The van der Waals surface area contributed by atoms with Crippen LogP contribution in [0.4, 0.5) is 21.7 Å². The minimum absolute atomic E-state index is 0.193. The Labute approximate surface area is 256 Å². The van der Waals surface area contributed by atoms with Crippen molar-refractivity contribution in [2.45, 2.75) is 39.3 Å². The van der Waals surface area contributed by atoms with E-state index in [1.165, 1.54) is 12.1 Å². The molecule has 0 spiro atoms. The minimum Gasteiger partial charge on any atom is -0.327 e. The molecule has 0 bridgehead atoms. The van der Waals surface area contributed by atoms with Crippen molar-refractivity contribution >= 4 is 23.2 Å².